The Hall–Kier alpha value is -1.95. The van der Waals surface area contributed by atoms with E-state index in [0.717, 1.165) is 0 Å². The number of amides is 1. The fraction of sp³-hybridized carbons (Fsp3) is 0.533. The Balaban J connectivity index is 2.68. The van der Waals surface area contributed by atoms with Crippen LogP contribution in [0.25, 0.3) is 0 Å². The number of methoxy groups -OCH3 is 1. The normalized spacial score (nSPS) is 12.6. The van der Waals surface area contributed by atoms with Crippen LogP contribution in [-0.4, -0.2) is 36.5 Å². The molecule has 0 spiro atoms. The fourth-order valence-corrected chi connectivity index (χ4v) is 1.78. The van der Waals surface area contributed by atoms with Crippen molar-refractivity contribution in [1.82, 2.24) is 5.32 Å². The third-order valence-electron chi connectivity index (χ3n) is 2.76. The number of alkyl carbamates (subject to hydrolysis) is 1. The number of carbonyl (C=O) groups excluding carboxylic acids is 1. The number of nitrogens with one attached hydrogen (secondary N) is 1. The van der Waals surface area contributed by atoms with Gasteiger partial charge in [0.15, 0.2) is 0 Å². The van der Waals surface area contributed by atoms with E-state index in [-0.39, 0.29) is 18.3 Å². The Morgan fingerprint density at radius 3 is 2.57 bits per heavy atom. The van der Waals surface area contributed by atoms with Gasteiger partial charge in [0.1, 0.15) is 17.1 Å². The number of phenolic OH excluding ortho intramolecular Hbond substituents is 1. The molecular weight excluding hydrogens is 272 g/mol. The van der Waals surface area contributed by atoms with Gasteiger partial charge < -0.3 is 25.6 Å². The molecule has 1 atom stereocenters. The van der Waals surface area contributed by atoms with Crippen molar-refractivity contribution < 1.29 is 19.4 Å². The highest BCUT2D eigenvalue weighted by molar-refractivity contribution is 5.68. The molecule has 21 heavy (non-hydrogen) atoms. The van der Waals surface area contributed by atoms with Crippen molar-refractivity contribution in [3.8, 4) is 11.5 Å². The summed E-state index contributed by atoms with van der Waals surface area (Å²) in [6.07, 6.45) is -0.114. The lowest BCUT2D eigenvalue weighted by Crippen LogP contribution is -2.44. The fourth-order valence-electron chi connectivity index (χ4n) is 1.78. The van der Waals surface area contributed by atoms with E-state index in [9.17, 15) is 9.90 Å². The van der Waals surface area contributed by atoms with Gasteiger partial charge >= 0.3 is 6.09 Å². The monoisotopic (exact) mass is 296 g/mol. The molecular formula is C15H24N2O4. The molecule has 0 aromatic heterocycles. The van der Waals surface area contributed by atoms with Gasteiger partial charge in [0.05, 0.1) is 7.11 Å². The highest BCUT2D eigenvalue weighted by Gasteiger charge is 2.19. The predicted molar refractivity (Wildman–Crippen MR) is 80.6 cm³/mol. The zero-order valence-corrected chi connectivity index (χ0v) is 13.0. The predicted octanol–water partition coefficient (Wildman–Crippen LogP) is 1.80. The summed E-state index contributed by atoms with van der Waals surface area (Å²) in [4.78, 5) is 11.7. The summed E-state index contributed by atoms with van der Waals surface area (Å²) in [5.74, 6) is 0.680. The molecule has 1 unspecified atom stereocenters. The lowest BCUT2D eigenvalue weighted by molar-refractivity contribution is 0.0505. The third-order valence-corrected chi connectivity index (χ3v) is 2.76. The number of hydrogen-bond donors (Lipinski definition) is 3. The Morgan fingerprint density at radius 1 is 1.43 bits per heavy atom. The summed E-state index contributed by atoms with van der Waals surface area (Å²) >= 11 is 0. The van der Waals surface area contributed by atoms with Crippen molar-refractivity contribution in [1.29, 1.82) is 0 Å². The Kier molecular flexibility index (Phi) is 5.84. The van der Waals surface area contributed by atoms with Crippen molar-refractivity contribution >= 4 is 6.09 Å². The number of phenols is 1. The third kappa shape index (κ3) is 5.91. The smallest absolute Gasteiger partial charge is 0.407 e. The second-order valence-electron chi connectivity index (χ2n) is 5.78. The molecule has 0 aliphatic carbocycles. The molecule has 1 aromatic carbocycles. The first-order valence-electron chi connectivity index (χ1n) is 6.80. The number of benzene rings is 1. The van der Waals surface area contributed by atoms with Gasteiger partial charge in [-0.1, -0.05) is 6.07 Å². The molecule has 6 heteroatoms. The van der Waals surface area contributed by atoms with E-state index in [1.807, 2.05) is 0 Å². The Morgan fingerprint density at radius 2 is 2.10 bits per heavy atom. The molecule has 0 saturated heterocycles. The average molecular weight is 296 g/mol. The molecule has 0 aliphatic heterocycles. The number of nitrogens with two attached hydrogens (primary N) is 1. The van der Waals surface area contributed by atoms with Crippen LogP contribution < -0.4 is 15.8 Å². The van der Waals surface area contributed by atoms with Gasteiger partial charge in [-0.3, -0.25) is 0 Å². The Labute approximate surface area is 125 Å². The van der Waals surface area contributed by atoms with Crippen molar-refractivity contribution in [2.75, 3.05) is 13.7 Å². The van der Waals surface area contributed by atoms with Crippen LogP contribution >= 0.6 is 0 Å². The molecule has 0 bridgehead atoms. The van der Waals surface area contributed by atoms with E-state index in [1.54, 1.807) is 32.9 Å². The topological polar surface area (TPSA) is 93.8 Å². The summed E-state index contributed by atoms with van der Waals surface area (Å²) < 4.78 is 10.2. The summed E-state index contributed by atoms with van der Waals surface area (Å²) in [6, 6.07) is 4.69. The lowest BCUT2D eigenvalue weighted by atomic mass is 10.0. The molecule has 0 heterocycles. The van der Waals surface area contributed by atoms with Crippen LogP contribution in [0.4, 0.5) is 4.79 Å². The van der Waals surface area contributed by atoms with Crippen LogP contribution in [0.5, 0.6) is 11.5 Å². The average Bonchev–Trinajstić information content (AvgIpc) is 2.37. The number of carbonyl (C=O) groups is 1. The molecule has 1 amide bonds. The van der Waals surface area contributed by atoms with Gasteiger partial charge in [-0.15, -0.1) is 0 Å². The van der Waals surface area contributed by atoms with E-state index < -0.39 is 11.7 Å². The molecule has 6 nitrogen and oxygen atoms in total. The second kappa shape index (κ2) is 7.17. The Bertz CT molecular complexity index is 483. The van der Waals surface area contributed by atoms with E-state index in [0.29, 0.717) is 17.7 Å². The summed E-state index contributed by atoms with van der Waals surface area (Å²) in [6.45, 7) is 5.61. The quantitative estimate of drug-likeness (QED) is 0.770. The number of hydrogen-bond acceptors (Lipinski definition) is 5. The van der Waals surface area contributed by atoms with E-state index in [1.165, 1.54) is 13.2 Å². The van der Waals surface area contributed by atoms with Crippen molar-refractivity contribution in [3.05, 3.63) is 23.8 Å². The minimum atomic E-state index is -0.564. The highest BCUT2D eigenvalue weighted by Crippen LogP contribution is 2.24. The number of aromatic hydroxyl groups is 1. The molecule has 0 radical (unpaired) electrons. The highest BCUT2D eigenvalue weighted by atomic mass is 16.6. The first-order valence-corrected chi connectivity index (χ1v) is 6.80. The van der Waals surface area contributed by atoms with Gasteiger partial charge in [-0.2, -0.15) is 0 Å². The zero-order valence-electron chi connectivity index (χ0n) is 13.0. The van der Waals surface area contributed by atoms with Gasteiger partial charge in [0.25, 0.3) is 0 Å². The molecule has 118 valence electrons. The zero-order chi connectivity index (χ0) is 16.0. The maximum atomic E-state index is 11.7. The minimum Gasteiger partial charge on any atom is -0.508 e. The van der Waals surface area contributed by atoms with Crippen LogP contribution in [0.2, 0.25) is 0 Å². The van der Waals surface area contributed by atoms with Gasteiger partial charge in [0, 0.05) is 18.7 Å². The molecule has 0 fully saturated rings. The second-order valence-corrected chi connectivity index (χ2v) is 5.78. The first-order chi connectivity index (χ1) is 9.75. The van der Waals surface area contributed by atoms with Gasteiger partial charge in [-0.25, -0.2) is 4.79 Å². The van der Waals surface area contributed by atoms with Crippen LogP contribution in [0.15, 0.2) is 18.2 Å². The summed E-state index contributed by atoms with van der Waals surface area (Å²) in [7, 11) is 1.53. The summed E-state index contributed by atoms with van der Waals surface area (Å²) in [5, 5.41) is 12.6. The molecule has 0 saturated carbocycles. The maximum Gasteiger partial charge on any atom is 0.407 e. The molecule has 1 aromatic rings. The van der Waals surface area contributed by atoms with E-state index >= 15 is 0 Å². The van der Waals surface area contributed by atoms with Crippen molar-refractivity contribution in [3.63, 3.8) is 0 Å². The first kappa shape index (κ1) is 17.1. The van der Waals surface area contributed by atoms with Crippen LogP contribution in [0.3, 0.4) is 0 Å². The van der Waals surface area contributed by atoms with Crippen LogP contribution in [0, 0.1) is 0 Å². The minimum absolute atomic E-state index is 0.110. The largest absolute Gasteiger partial charge is 0.508 e. The van der Waals surface area contributed by atoms with Crippen molar-refractivity contribution in [2.45, 2.75) is 38.8 Å². The molecule has 4 N–H and O–H groups in total. The number of ether oxygens (including phenoxy) is 2. The summed E-state index contributed by atoms with van der Waals surface area (Å²) in [5.41, 5.74) is 5.78. The van der Waals surface area contributed by atoms with E-state index in [2.05, 4.69) is 5.32 Å². The van der Waals surface area contributed by atoms with Gasteiger partial charge in [-0.05, 0) is 38.8 Å². The molecule has 1 rings (SSSR count). The standard InChI is InChI=1S/C15H24N2O4/c1-15(2,3)21-14(19)17-11(9-16)7-10-5-6-12(20-4)8-13(10)18/h5-6,8,11,18H,7,9,16H2,1-4H3,(H,17,19). The van der Waals surface area contributed by atoms with Crippen LogP contribution in [0.1, 0.15) is 26.3 Å². The maximum absolute atomic E-state index is 11.7. The number of rotatable bonds is 5. The van der Waals surface area contributed by atoms with Gasteiger partial charge in [0.2, 0.25) is 0 Å². The van der Waals surface area contributed by atoms with E-state index in [4.69, 9.17) is 15.2 Å². The lowest BCUT2D eigenvalue weighted by Gasteiger charge is -2.23. The van der Waals surface area contributed by atoms with Crippen molar-refractivity contribution in [2.24, 2.45) is 5.73 Å². The van der Waals surface area contributed by atoms with Crippen LogP contribution in [-0.2, 0) is 11.2 Å². The SMILES string of the molecule is COc1ccc(CC(CN)NC(=O)OC(C)(C)C)c(O)c1. The molecule has 0 aliphatic rings.